The molecule has 25 heavy (non-hydrogen) atoms. The number of amides is 2. The number of hydrogen-bond acceptors (Lipinski definition) is 6. The summed E-state index contributed by atoms with van der Waals surface area (Å²) in [7, 11) is 4.49. The second kappa shape index (κ2) is 7.78. The molecule has 2 N–H and O–H groups in total. The molecule has 0 aliphatic carbocycles. The van der Waals surface area contributed by atoms with Gasteiger partial charge in [-0.1, -0.05) is 0 Å². The van der Waals surface area contributed by atoms with Crippen molar-refractivity contribution in [3.8, 4) is 17.2 Å². The predicted molar refractivity (Wildman–Crippen MR) is 89.8 cm³/mol. The summed E-state index contributed by atoms with van der Waals surface area (Å²) in [5.74, 6) is 0.759. The van der Waals surface area contributed by atoms with Crippen LogP contribution in [0, 0.1) is 0 Å². The Bertz CT molecular complexity index is 688. The Morgan fingerprint density at radius 3 is 2.20 bits per heavy atom. The number of rotatable bonds is 6. The second-order valence-electron chi connectivity index (χ2n) is 5.25. The molecule has 1 aliphatic heterocycles. The number of carbonyl (C=O) groups is 2. The first kappa shape index (κ1) is 18.4. The number of carbonyl (C=O) groups excluding carboxylic acids is 2. The van der Waals surface area contributed by atoms with Gasteiger partial charge >= 0.3 is 12.0 Å². The molecule has 8 nitrogen and oxygen atoms in total. The lowest BCUT2D eigenvalue weighted by molar-refractivity contribution is -0.139. The SMILES string of the molecule is CCOC(=O)C1=C(C)NC(=O)NC1c1cc(OC)c(OC)c(OC)c1. The van der Waals surface area contributed by atoms with E-state index in [1.54, 1.807) is 26.0 Å². The van der Waals surface area contributed by atoms with E-state index >= 15 is 0 Å². The molecule has 1 aromatic carbocycles. The van der Waals surface area contributed by atoms with Crippen molar-refractivity contribution in [2.75, 3.05) is 27.9 Å². The van der Waals surface area contributed by atoms with Crippen LogP contribution in [0.15, 0.2) is 23.4 Å². The smallest absolute Gasteiger partial charge is 0.338 e. The molecule has 0 bridgehead atoms. The van der Waals surface area contributed by atoms with E-state index in [0.717, 1.165) is 0 Å². The lowest BCUT2D eigenvalue weighted by Crippen LogP contribution is -2.45. The molecular formula is C17H22N2O6. The first-order chi connectivity index (χ1) is 12.0. The van der Waals surface area contributed by atoms with E-state index in [9.17, 15) is 9.59 Å². The highest BCUT2D eigenvalue weighted by Crippen LogP contribution is 2.41. The minimum atomic E-state index is -0.707. The van der Waals surface area contributed by atoms with Gasteiger partial charge < -0.3 is 29.6 Å². The van der Waals surface area contributed by atoms with Crippen LogP contribution in [-0.2, 0) is 9.53 Å². The van der Waals surface area contributed by atoms with E-state index in [1.807, 2.05) is 0 Å². The minimum absolute atomic E-state index is 0.228. The van der Waals surface area contributed by atoms with Gasteiger partial charge in [-0.3, -0.25) is 0 Å². The van der Waals surface area contributed by atoms with Crippen molar-refractivity contribution in [3.05, 3.63) is 29.0 Å². The van der Waals surface area contributed by atoms with Crippen molar-refractivity contribution in [1.29, 1.82) is 0 Å². The minimum Gasteiger partial charge on any atom is -0.493 e. The molecule has 0 radical (unpaired) electrons. The van der Waals surface area contributed by atoms with Gasteiger partial charge in [0.1, 0.15) is 0 Å². The van der Waals surface area contributed by atoms with Gasteiger partial charge in [0.2, 0.25) is 5.75 Å². The number of hydrogen-bond donors (Lipinski definition) is 2. The van der Waals surface area contributed by atoms with Gasteiger partial charge in [0.15, 0.2) is 11.5 Å². The molecule has 1 aromatic rings. The largest absolute Gasteiger partial charge is 0.493 e. The lowest BCUT2D eigenvalue weighted by Gasteiger charge is -2.28. The Kier molecular flexibility index (Phi) is 5.74. The predicted octanol–water partition coefficient (Wildman–Crippen LogP) is 1.90. The molecule has 1 heterocycles. The molecule has 1 aliphatic rings. The van der Waals surface area contributed by atoms with Gasteiger partial charge in [-0.25, -0.2) is 9.59 Å². The normalized spacial score (nSPS) is 16.7. The zero-order valence-electron chi connectivity index (χ0n) is 14.9. The highest BCUT2D eigenvalue weighted by molar-refractivity contribution is 5.95. The van der Waals surface area contributed by atoms with E-state index in [2.05, 4.69) is 10.6 Å². The van der Waals surface area contributed by atoms with Gasteiger partial charge in [-0.2, -0.15) is 0 Å². The van der Waals surface area contributed by atoms with Crippen LogP contribution < -0.4 is 24.8 Å². The topological polar surface area (TPSA) is 95.1 Å². The number of esters is 1. The molecule has 0 fully saturated rings. The third-order valence-corrected chi connectivity index (χ3v) is 3.78. The van der Waals surface area contributed by atoms with Gasteiger partial charge in [0, 0.05) is 5.70 Å². The number of ether oxygens (including phenoxy) is 4. The van der Waals surface area contributed by atoms with Crippen LogP contribution in [0.4, 0.5) is 4.79 Å². The van der Waals surface area contributed by atoms with Crippen LogP contribution in [0.2, 0.25) is 0 Å². The fourth-order valence-corrected chi connectivity index (χ4v) is 2.69. The Morgan fingerprint density at radius 1 is 1.12 bits per heavy atom. The van der Waals surface area contributed by atoms with Gasteiger partial charge in [0.25, 0.3) is 0 Å². The van der Waals surface area contributed by atoms with Gasteiger partial charge in [0.05, 0.1) is 39.6 Å². The number of nitrogens with one attached hydrogen (secondary N) is 2. The van der Waals surface area contributed by atoms with E-state index in [-0.39, 0.29) is 6.61 Å². The molecule has 8 heteroatoms. The summed E-state index contributed by atoms with van der Waals surface area (Å²) < 4.78 is 21.1. The number of urea groups is 1. The van der Waals surface area contributed by atoms with Crippen LogP contribution in [0.25, 0.3) is 0 Å². The maximum absolute atomic E-state index is 12.4. The Balaban J connectivity index is 2.59. The average molecular weight is 350 g/mol. The van der Waals surface area contributed by atoms with E-state index in [0.29, 0.717) is 34.1 Å². The third-order valence-electron chi connectivity index (χ3n) is 3.78. The summed E-state index contributed by atoms with van der Waals surface area (Å²) in [5, 5.41) is 5.32. The fourth-order valence-electron chi connectivity index (χ4n) is 2.69. The van der Waals surface area contributed by atoms with Crippen molar-refractivity contribution in [2.45, 2.75) is 19.9 Å². The monoisotopic (exact) mass is 350 g/mol. The Morgan fingerprint density at radius 2 is 1.72 bits per heavy atom. The van der Waals surface area contributed by atoms with E-state index in [1.165, 1.54) is 21.3 Å². The second-order valence-corrected chi connectivity index (χ2v) is 5.25. The summed E-state index contributed by atoms with van der Waals surface area (Å²) in [5.41, 5.74) is 1.35. The standard InChI is InChI=1S/C17H22N2O6/c1-6-25-16(20)13-9(2)18-17(21)19-14(13)10-7-11(22-3)15(24-5)12(8-10)23-4/h7-8,14H,6H2,1-5H3,(H2,18,19,21). The van der Waals surface area contributed by atoms with Crippen molar-refractivity contribution in [1.82, 2.24) is 10.6 Å². The maximum atomic E-state index is 12.4. The Labute approximate surface area is 146 Å². The van der Waals surface area contributed by atoms with Crippen molar-refractivity contribution in [3.63, 3.8) is 0 Å². The van der Waals surface area contributed by atoms with Crippen LogP contribution >= 0.6 is 0 Å². The quantitative estimate of drug-likeness (QED) is 0.761. The van der Waals surface area contributed by atoms with Crippen molar-refractivity contribution >= 4 is 12.0 Å². The molecule has 1 unspecified atom stereocenters. The highest BCUT2D eigenvalue weighted by Gasteiger charge is 2.33. The molecule has 0 saturated heterocycles. The van der Waals surface area contributed by atoms with Crippen molar-refractivity contribution in [2.24, 2.45) is 0 Å². The first-order valence-corrected chi connectivity index (χ1v) is 7.72. The fraction of sp³-hybridized carbons (Fsp3) is 0.412. The molecule has 2 amide bonds. The van der Waals surface area contributed by atoms with Crippen molar-refractivity contribution < 1.29 is 28.5 Å². The molecule has 0 aromatic heterocycles. The summed E-state index contributed by atoms with van der Waals surface area (Å²) >= 11 is 0. The van der Waals surface area contributed by atoms with Gasteiger partial charge in [-0.05, 0) is 31.5 Å². The van der Waals surface area contributed by atoms with E-state index < -0.39 is 18.0 Å². The summed E-state index contributed by atoms with van der Waals surface area (Å²) in [6, 6.07) is 2.25. The zero-order valence-corrected chi connectivity index (χ0v) is 14.9. The molecular weight excluding hydrogens is 328 g/mol. The zero-order chi connectivity index (χ0) is 18.6. The molecule has 136 valence electrons. The van der Waals surface area contributed by atoms with Crippen LogP contribution in [-0.4, -0.2) is 39.9 Å². The van der Waals surface area contributed by atoms with Crippen LogP contribution in [0.5, 0.6) is 17.2 Å². The highest BCUT2D eigenvalue weighted by atomic mass is 16.5. The van der Waals surface area contributed by atoms with Gasteiger partial charge in [-0.15, -0.1) is 0 Å². The average Bonchev–Trinajstić information content (AvgIpc) is 2.59. The lowest BCUT2D eigenvalue weighted by atomic mass is 9.95. The number of benzene rings is 1. The number of methoxy groups -OCH3 is 3. The maximum Gasteiger partial charge on any atom is 0.338 e. The summed E-state index contributed by atoms with van der Waals surface area (Å²) in [6.07, 6.45) is 0. The van der Waals surface area contributed by atoms with E-state index in [4.69, 9.17) is 18.9 Å². The summed E-state index contributed by atoms with van der Waals surface area (Å²) in [4.78, 5) is 24.3. The molecule has 0 saturated carbocycles. The summed E-state index contributed by atoms with van der Waals surface area (Å²) in [6.45, 7) is 3.60. The number of allylic oxidation sites excluding steroid dienone is 1. The van der Waals surface area contributed by atoms with Crippen LogP contribution in [0.3, 0.4) is 0 Å². The molecule has 2 rings (SSSR count). The third kappa shape index (κ3) is 3.62. The van der Waals surface area contributed by atoms with Crippen LogP contribution in [0.1, 0.15) is 25.5 Å². The first-order valence-electron chi connectivity index (χ1n) is 7.72. The molecule has 1 atom stereocenters. The molecule has 0 spiro atoms. The Hall–Kier alpha value is -2.90.